The number of rotatable bonds is 4. The standard InChI is InChI=1S/C19H27BrN2O3/c1-18(2,3)25-17(24)21-13-19(11-5-4-6-12-19)16(23)22-15-9-7-14(20)8-10-15/h7-10H,4-6,11-13H2,1-3H3,(H,21,24)(H,22,23). The summed E-state index contributed by atoms with van der Waals surface area (Å²) in [6.45, 7) is 5.76. The molecule has 0 aromatic heterocycles. The molecule has 0 saturated heterocycles. The number of alkyl carbamates (subject to hydrolysis) is 1. The van der Waals surface area contributed by atoms with Gasteiger partial charge in [0.15, 0.2) is 0 Å². The molecule has 1 aromatic rings. The van der Waals surface area contributed by atoms with Crippen molar-refractivity contribution in [1.82, 2.24) is 5.32 Å². The average Bonchev–Trinajstić information content (AvgIpc) is 2.54. The Morgan fingerprint density at radius 2 is 1.72 bits per heavy atom. The van der Waals surface area contributed by atoms with Gasteiger partial charge in [-0.3, -0.25) is 4.79 Å². The van der Waals surface area contributed by atoms with Gasteiger partial charge in [0.1, 0.15) is 5.60 Å². The highest BCUT2D eigenvalue weighted by Crippen LogP contribution is 2.37. The largest absolute Gasteiger partial charge is 0.444 e. The minimum absolute atomic E-state index is 0.0365. The van der Waals surface area contributed by atoms with Gasteiger partial charge in [-0.2, -0.15) is 0 Å². The van der Waals surface area contributed by atoms with E-state index < -0.39 is 17.1 Å². The Balaban J connectivity index is 2.04. The van der Waals surface area contributed by atoms with Gasteiger partial charge >= 0.3 is 6.09 Å². The van der Waals surface area contributed by atoms with Crippen LogP contribution < -0.4 is 10.6 Å². The minimum atomic E-state index is -0.581. The van der Waals surface area contributed by atoms with Crippen LogP contribution in [0.1, 0.15) is 52.9 Å². The first-order valence-electron chi connectivity index (χ1n) is 8.74. The number of halogens is 1. The summed E-state index contributed by atoms with van der Waals surface area (Å²) in [6, 6.07) is 7.50. The van der Waals surface area contributed by atoms with Gasteiger partial charge in [-0.15, -0.1) is 0 Å². The summed E-state index contributed by atoms with van der Waals surface area (Å²) in [5, 5.41) is 5.80. The van der Waals surface area contributed by atoms with Gasteiger partial charge in [-0.05, 0) is 57.9 Å². The number of hydrogen-bond donors (Lipinski definition) is 2. The first-order valence-corrected chi connectivity index (χ1v) is 9.53. The molecular formula is C19H27BrN2O3. The van der Waals surface area contributed by atoms with Gasteiger partial charge in [-0.1, -0.05) is 35.2 Å². The van der Waals surface area contributed by atoms with E-state index >= 15 is 0 Å². The molecule has 138 valence electrons. The van der Waals surface area contributed by atoms with Gasteiger partial charge < -0.3 is 15.4 Å². The molecular weight excluding hydrogens is 384 g/mol. The Labute approximate surface area is 158 Å². The third kappa shape index (κ3) is 6.03. The number of hydrogen-bond acceptors (Lipinski definition) is 3. The Kier molecular flexibility index (Phi) is 6.49. The monoisotopic (exact) mass is 410 g/mol. The molecule has 0 bridgehead atoms. The summed E-state index contributed by atoms with van der Waals surface area (Å²) in [5.41, 5.74) is -0.374. The van der Waals surface area contributed by atoms with Crippen LogP contribution in [0.5, 0.6) is 0 Å². The fourth-order valence-corrected chi connectivity index (χ4v) is 3.33. The highest BCUT2D eigenvalue weighted by molar-refractivity contribution is 9.10. The molecule has 1 saturated carbocycles. The van der Waals surface area contributed by atoms with Crippen LogP contribution in [0.3, 0.4) is 0 Å². The van der Waals surface area contributed by atoms with Gasteiger partial charge in [0.25, 0.3) is 0 Å². The Morgan fingerprint density at radius 3 is 2.28 bits per heavy atom. The fraction of sp³-hybridized carbons (Fsp3) is 0.579. The molecule has 6 heteroatoms. The molecule has 5 nitrogen and oxygen atoms in total. The Bertz CT molecular complexity index is 602. The van der Waals surface area contributed by atoms with Crippen LogP contribution in [0.4, 0.5) is 10.5 Å². The molecule has 1 aliphatic carbocycles. The quantitative estimate of drug-likeness (QED) is 0.744. The number of carbonyl (C=O) groups is 2. The van der Waals surface area contributed by atoms with Gasteiger partial charge in [0.2, 0.25) is 5.91 Å². The van der Waals surface area contributed by atoms with Crippen molar-refractivity contribution in [2.75, 3.05) is 11.9 Å². The molecule has 0 unspecified atom stereocenters. The maximum atomic E-state index is 13.0. The molecule has 1 fully saturated rings. The fourth-order valence-electron chi connectivity index (χ4n) is 3.07. The first kappa shape index (κ1) is 19.8. The van der Waals surface area contributed by atoms with E-state index in [-0.39, 0.29) is 5.91 Å². The second-order valence-corrected chi connectivity index (χ2v) is 8.57. The predicted octanol–water partition coefficient (Wildman–Crippen LogP) is 4.86. The van der Waals surface area contributed by atoms with Crippen molar-refractivity contribution < 1.29 is 14.3 Å². The van der Waals surface area contributed by atoms with Crippen molar-refractivity contribution >= 4 is 33.6 Å². The van der Waals surface area contributed by atoms with Crippen LogP contribution in [0.2, 0.25) is 0 Å². The summed E-state index contributed by atoms with van der Waals surface area (Å²) in [7, 11) is 0. The summed E-state index contributed by atoms with van der Waals surface area (Å²) in [6.07, 6.45) is 4.16. The van der Waals surface area contributed by atoms with Crippen LogP contribution in [0, 0.1) is 5.41 Å². The zero-order valence-electron chi connectivity index (χ0n) is 15.2. The molecule has 0 aliphatic heterocycles. The molecule has 2 N–H and O–H groups in total. The van der Waals surface area contributed by atoms with Crippen LogP contribution in [0.25, 0.3) is 0 Å². The number of benzene rings is 1. The third-order valence-electron chi connectivity index (χ3n) is 4.36. The second-order valence-electron chi connectivity index (χ2n) is 7.66. The van der Waals surface area contributed by atoms with E-state index in [4.69, 9.17) is 4.74 Å². The molecule has 2 rings (SSSR count). The summed E-state index contributed by atoms with van der Waals surface area (Å²) in [4.78, 5) is 24.9. The van der Waals surface area contributed by atoms with Crippen molar-refractivity contribution in [2.45, 2.75) is 58.5 Å². The van der Waals surface area contributed by atoms with Crippen molar-refractivity contribution in [2.24, 2.45) is 5.41 Å². The van der Waals surface area contributed by atoms with E-state index in [2.05, 4.69) is 26.6 Å². The lowest BCUT2D eigenvalue weighted by Crippen LogP contribution is -2.47. The maximum absolute atomic E-state index is 13.0. The van der Waals surface area contributed by atoms with Crippen LogP contribution in [-0.4, -0.2) is 24.1 Å². The molecule has 1 aromatic carbocycles. The molecule has 0 atom stereocenters. The van der Waals surface area contributed by atoms with Crippen LogP contribution >= 0.6 is 15.9 Å². The van der Waals surface area contributed by atoms with Crippen LogP contribution in [-0.2, 0) is 9.53 Å². The topological polar surface area (TPSA) is 67.4 Å². The lowest BCUT2D eigenvalue weighted by molar-refractivity contribution is -0.127. The summed E-state index contributed by atoms with van der Waals surface area (Å²) in [5.74, 6) is -0.0365. The van der Waals surface area contributed by atoms with Crippen molar-refractivity contribution in [3.63, 3.8) is 0 Å². The van der Waals surface area contributed by atoms with E-state index in [1.54, 1.807) is 0 Å². The highest BCUT2D eigenvalue weighted by Gasteiger charge is 2.40. The van der Waals surface area contributed by atoms with Gasteiger partial charge in [-0.25, -0.2) is 4.79 Å². The third-order valence-corrected chi connectivity index (χ3v) is 4.89. The normalized spacial score (nSPS) is 16.8. The zero-order chi connectivity index (χ0) is 18.5. The van der Waals surface area contributed by atoms with Crippen molar-refractivity contribution in [1.29, 1.82) is 0 Å². The highest BCUT2D eigenvalue weighted by atomic mass is 79.9. The number of nitrogens with one attached hydrogen (secondary N) is 2. The molecule has 0 radical (unpaired) electrons. The van der Waals surface area contributed by atoms with Gasteiger partial charge in [0.05, 0.1) is 5.41 Å². The molecule has 2 amide bonds. The molecule has 1 aliphatic rings. The zero-order valence-corrected chi connectivity index (χ0v) is 16.7. The lowest BCUT2D eigenvalue weighted by atomic mass is 9.73. The average molecular weight is 411 g/mol. The smallest absolute Gasteiger partial charge is 0.407 e. The number of anilines is 1. The van der Waals surface area contributed by atoms with Crippen molar-refractivity contribution in [3.05, 3.63) is 28.7 Å². The van der Waals surface area contributed by atoms with E-state index in [0.29, 0.717) is 6.54 Å². The van der Waals surface area contributed by atoms with Crippen LogP contribution in [0.15, 0.2) is 28.7 Å². The van der Waals surface area contributed by atoms with E-state index in [1.807, 2.05) is 45.0 Å². The van der Waals surface area contributed by atoms with Crippen molar-refractivity contribution in [3.8, 4) is 0 Å². The molecule has 25 heavy (non-hydrogen) atoms. The number of carbonyl (C=O) groups excluding carboxylic acids is 2. The Hall–Kier alpha value is -1.56. The second kappa shape index (κ2) is 8.21. The summed E-state index contributed by atoms with van der Waals surface area (Å²) >= 11 is 3.39. The van der Waals surface area contributed by atoms with Gasteiger partial charge in [0, 0.05) is 16.7 Å². The van der Waals surface area contributed by atoms with E-state index in [1.165, 1.54) is 0 Å². The van der Waals surface area contributed by atoms with E-state index in [0.717, 1.165) is 42.3 Å². The molecule has 0 heterocycles. The first-order chi connectivity index (χ1) is 11.7. The SMILES string of the molecule is CC(C)(C)OC(=O)NCC1(C(=O)Nc2ccc(Br)cc2)CCCCC1. The number of ether oxygens (including phenoxy) is 1. The maximum Gasteiger partial charge on any atom is 0.407 e. The lowest BCUT2D eigenvalue weighted by Gasteiger charge is -2.36. The minimum Gasteiger partial charge on any atom is -0.444 e. The summed E-state index contributed by atoms with van der Waals surface area (Å²) < 4.78 is 6.26. The molecule has 0 spiro atoms. The predicted molar refractivity (Wildman–Crippen MR) is 103 cm³/mol. The Morgan fingerprint density at radius 1 is 1.12 bits per heavy atom. The number of amides is 2. The van der Waals surface area contributed by atoms with E-state index in [9.17, 15) is 9.59 Å².